The molecule has 1 aliphatic carbocycles. The van der Waals surface area contributed by atoms with Crippen LogP contribution in [0.3, 0.4) is 0 Å². The largest absolute Gasteiger partial charge is 0.486 e. The Kier molecular flexibility index (Phi) is 5.75. The lowest BCUT2D eigenvalue weighted by Crippen LogP contribution is -2.19. The highest BCUT2D eigenvalue weighted by Crippen LogP contribution is 2.40. The summed E-state index contributed by atoms with van der Waals surface area (Å²) in [6, 6.07) is 22.1. The fourth-order valence-electron chi connectivity index (χ4n) is 4.91. The maximum Gasteiger partial charge on any atom is 0.185 e. The van der Waals surface area contributed by atoms with Gasteiger partial charge in [0.15, 0.2) is 28.8 Å². The highest BCUT2D eigenvalue weighted by molar-refractivity contribution is 6.14. The maximum atomic E-state index is 13.6. The predicted molar refractivity (Wildman–Crippen MR) is 134 cm³/mol. The number of ketones is 1. The first-order chi connectivity index (χ1) is 17.2. The van der Waals surface area contributed by atoms with Gasteiger partial charge in [-0.3, -0.25) is 4.79 Å². The van der Waals surface area contributed by atoms with E-state index < -0.39 is 0 Å². The van der Waals surface area contributed by atoms with E-state index >= 15 is 0 Å². The van der Waals surface area contributed by atoms with Crippen molar-refractivity contribution in [3.63, 3.8) is 0 Å². The second-order valence-corrected chi connectivity index (χ2v) is 8.99. The van der Waals surface area contributed by atoms with Crippen LogP contribution in [0.5, 0.6) is 23.0 Å². The van der Waals surface area contributed by atoms with Crippen LogP contribution < -0.4 is 18.9 Å². The van der Waals surface area contributed by atoms with Gasteiger partial charge in [0.2, 0.25) is 0 Å². The molecule has 0 aromatic heterocycles. The van der Waals surface area contributed by atoms with Crippen LogP contribution in [-0.4, -0.2) is 32.2 Å². The van der Waals surface area contributed by atoms with Gasteiger partial charge < -0.3 is 18.9 Å². The number of hydrogen-bond donors (Lipinski definition) is 0. The topological polar surface area (TPSA) is 54.0 Å². The standard InChI is InChI=1S/C30H26O5/c31-30-24(14-20-6-8-26-28(16-20)34-12-10-32-26)18-23(22-4-2-1-3-5-22)19-25(30)15-21-7-9-27-29(17-21)35-13-11-33-27/h1-9,14-17,23H,10-13,18-19H2/b24-14+,25-15+. The molecule has 0 spiro atoms. The van der Waals surface area contributed by atoms with Crippen molar-refractivity contribution in [1.29, 1.82) is 0 Å². The summed E-state index contributed by atoms with van der Waals surface area (Å²) in [6.07, 6.45) is 5.37. The SMILES string of the molecule is O=C1/C(=C/c2ccc3c(c2)OCCO3)CC(c2ccccc2)C/C1=C\c1ccc2c(c1)OCCO2. The van der Waals surface area contributed by atoms with Gasteiger partial charge in [0.05, 0.1) is 0 Å². The van der Waals surface area contributed by atoms with Gasteiger partial charge in [-0.25, -0.2) is 0 Å². The number of benzene rings is 3. The molecule has 1 saturated carbocycles. The fraction of sp³-hybridized carbons (Fsp3) is 0.233. The van der Waals surface area contributed by atoms with Crippen LogP contribution in [0.1, 0.15) is 35.4 Å². The molecule has 35 heavy (non-hydrogen) atoms. The van der Waals surface area contributed by atoms with Gasteiger partial charge in [-0.05, 0) is 71.9 Å². The molecule has 2 heterocycles. The summed E-state index contributed by atoms with van der Waals surface area (Å²) < 4.78 is 22.8. The minimum absolute atomic E-state index is 0.0851. The van der Waals surface area contributed by atoms with E-state index in [1.807, 2.05) is 54.6 Å². The van der Waals surface area contributed by atoms with Crippen molar-refractivity contribution in [2.45, 2.75) is 18.8 Å². The molecule has 0 saturated heterocycles. The summed E-state index contributed by atoms with van der Waals surface area (Å²) in [5, 5.41) is 0. The van der Waals surface area contributed by atoms with E-state index in [9.17, 15) is 4.79 Å². The van der Waals surface area contributed by atoms with E-state index in [4.69, 9.17) is 18.9 Å². The summed E-state index contributed by atoms with van der Waals surface area (Å²) in [5.41, 5.74) is 4.70. The Labute approximate surface area is 204 Å². The summed E-state index contributed by atoms with van der Waals surface area (Å²) in [4.78, 5) is 13.6. The van der Waals surface area contributed by atoms with Crippen LogP contribution in [-0.2, 0) is 4.79 Å². The van der Waals surface area contributed by atoms with Gasteiger partial charge in [-0.2, -0.15) is 0 Å². The van der Waals surface area contributed by atoms with Crippen molar-refractivity contribution in [3.8, 4) is 23.0 Å². The summed E-state index contributed by atoms with van der Waals surface area (Å²) in [5.74, 6) is 3.24. The lowest BCUT2D eigenvalue weighted by atomic mass is 9.76. The van der Waals surface area contributed by atoms with E-state index in [1.165, 1.54) is 5.56 Å². The Balaban J connectivity index is 1.37. The van der Waals surface area contributed by atoms with Crippen LogP contribution >= 0.6 is 0 Å². The average Bonchev–Trinajstić information content (AvgIpc) is 2.91. The number of rotatable bonds is 3. The van der Waals surface area contributed by atoms with Crippen molar-refractivity contribution in [1.82, 2.24) is 0 Å². The number of fused-ring (bicyclic) bond motifs is 2. The molecule has 3 aromatic rings. The second kappa shape index (κ2) is 9.34. The Bertz CT molecular complexity index is 1240. The molecule has 0 amide bonds. The number of ether oxygens (including phenoxy) is 4. The van der Waals surface area contributed by atoms with Gasteiger partial charge in [0, 0.05) is 11.1 Å². The van der Waals surface area contributed by atoms with Crippen molar-refractivity contribution >= 4 is 17.9 Å². The van der Waals surface area contributed by atoms with Gasteiger partial charge in [-0.1, -0.05) is 42.5 Å². The molecular weight excluding hydrogens is 440 g/mol. The first-order valence-corrected chi connectivity index (χ1v) is 12.0. The van der Waals surface area contributed by atoms with Crippen LogP contribution in [0.15, 0.2) is 77.9 Å². The maximum absolute atomic E-state index is 13.6. The Morgan fingerprint density at radius 1 is 0.600 bits per heavy atom. The van der Waals surface area contributed by atoms with Crippen molar-refractivity contribution in [3.05, 3.63) is 94.6 Å². The smallest absolute Gasteiger partial charge is 0.185 e. The van der Waals surface area contributed by atoms with Gasteiger partial charge in [-0.15, -0.1) is 0 Å². The Morgan fingerprint density at radius 3 is 1.60 bits per heavy atom. The average molecular weight is 467 g/mol. The third-order valence-electron chi connectivity index (χ3n) is 6.60. The van der Waals surface area contributed by atoms with Gasteiger partial charge in [0.25, 0.3) is 0 Å². The number of allylic oxidation sites excluding steroid dienone is 2. The van der Waals surface area contributed by atoms with Crippen LogP contribution in [0, 0.1) is 0 Å². The zero-order chi connectivity index (χ0) is 23.6. The lowest BCUT2D eigenvalue weighted by Gasteiger charge is -2.26. The van der Waals surface area contributed by atoms with E-state index in [0.29, 0.717) is 39.3 Å². The minimum Gasteiger partial charge on any atom is -0.486 e. The molecule has 176 valence electrons. The highest BCUT2D eigenvalue weighted by Gasteiger charge is 2.29. The molecular formula is C30H26O5. The highest BCUT2D eigenvalue weighted by atomic mass is 16.6. The van der Waals surface area contributed by atoms with Crippen LogP contribution in [0.25, 0.3) is 12.2 Å². The molecule has 0 radical (unpaired) electrons. The second-order valence-electron chi connectivity index (χ2n) is 8.99. The zero-order valence-corrected chi connectivity index (χ0v) is 19.4. The summed E-state index contributed by atoms with van der Waals surface area (Å²) >= 11 is 0. The van der Waals surface area contributed by atoms with Crippen molar-refractivity contribution in [2.24, 2.45) is 0 Å². The number of Topliss-reactive ketones (excluding diaryl/α,β-unsaturated/α-hetero) is 1. The molecule has 5 nitrogen and oxygen atoms in total. The zero-order valence-electron chi connectivity index (χ0n) is 19.4. The molecule has 0 unspecified atom stereocenters. The molecule has 0 atom stereocenters. The van der Waals surface area contributed by atoms with E-state index in [-0.39, 0.29) is 11.7 Å². The van der Waals surface area contributed by atoms with E-state index in [2.05, 4.69) is 24.3 Å². The Hall–Kier alpha value is -3.99. The van der Waals surface area contributed by atoms with Crippen molar-refractivity contribution in [2.75, 3.05) is 26.4 Å². The third-order valence-corrected chi connectivity index (χ3v) is 6.60. The molecule has 2 aliphatic heterocycles. The molecule has 0 N–H and O–H groups in total. The minimum atomic E-state index is 0.0851. The lowest BCUT2D eigenvalue weighted by molar-refractivity contribution is -0.113. The molecule has 0 bridgehead atoms. The Morgan fingerprint density at radius 2 is 1.09 bits per heavy atom. The number of hydrogen-bond acceptors (Lipinski definition) is 5. The van der Waals surface area contributed by atoms with E-state index in [1.54, 1.807) is 0 Å². The third kappa shape index (κ3) is 4.54. The molecule has 1 fully saturated rings. The van der Waals surface area contributed by atoms with Crippen molar-refractivity contribution < 1.29 is 23.7 Å². The van der Waals surface area contributed by atoms with Crippen LogP contribution in [0.2, 0.25) is 0 Å². The molecule has 3 aromatic carbocycles. The number of carbonyl (C=O) groups is 1. The first kappa shape index (κ1) is 21.5. The molecule has 6 rings (SSSR count). The normalized spacial score (nSPS) is 21.3. The molecule has 3 aliphatic rings. The fourth-order valence-corrected chi connectivity index (χ4v) is 4.91. The monoisotopic (exact) mass is 466 g/mol. The quantitative estimate of drug-likeness (QED) is 0.454. The molecule has 5 heteroatoms. The van der Waals surface area contributed by atoms with Gasteiger partial charge in [0.1, 0.15) is 26.4 Å². The summed E-state index contributed by atoms with van der Waals surface area (Å²) in [6.45, 7) is 2.17. The predicted octanol–water partition coefficient (Wildman–Crippen LogP) is 5.84. The number of carbonyl (C=O) groups excluding carboxylic acids is 1. The first-order valence-electron chi connectivity index (χ1n) is 12.0. The summed E-state index contributed by atoms with van der Waals surface area (Å²) in [7, 11) is 0. The van der Waals surface area contributed by atoms with E-state index in [0.717, 1.165) is 45.3 Å². The van der Waals surface area contributed by atoms with Crippen LogP contribution in [0.4, 0.5) is 0 Å². The van der Waals surface area contributed by atoms with Gasteiger partial charge >= 0.3 is 0 Å².